The molecule has 0 atom stereocenters. The van der Waals surface area contributed by atoms with Gasteiger partial charge in [-0.05, 0) is 36.6 Å². The molecule has 1 aromatic rings. The normalized spacial score (nSPS) is 10.9. The number of carboxylic acid groups (broad SMARTS) is 1. The highest BCUT2D eigenvalue weighted by Gasteiger charge is 2.10. The molecule has 0 fully saturated rings. The topological polar surface area (TPSA) is 63.3 Å². The van der Waals surface area contributed by atoms with Crippen LogP contribution in [0.15, 0.2) is 18.2 Å². The van der Waals surface area contributed by atoms with Gasteiger partial charge in [0, 0.05) is 5.88 Å². The Balaban J connectivity index is 3.14. The number of nitrogens with two attached hydrogens (primary N) is 1. The first-order chi connectivity index (χ1) is 7.56. The predicted octanol–water partition coefficient (Wildman–Crippen LogP) is 2.92. The monoisotopic (exact) mass is 239 g/mol. The molecular formula is C12H14ClNO2. The van der Waals surface area contributed by atoms with Gasteiger partial charge in [0.25, 0.3) is 0 Å². The number of hydrogen-bond donors (Lipinski definition) is 2. The molecule has 0 heterocycles. The molecule has 1 rings (SSSR count). The fraction of sp³-hybridized carbons (Fsp3) is 0.250. The van der Waals surface area contributed by atoms with E-state index in [0.29, 0.717) is 11.6 Å². The lowest BCUT2D eigenvalue weighted by Gasteiger charge is -2.06. The number of benzene rings is 1. The lowest BCUT2D eigenvalue weighted by molar-refractivity contribution is 0.0698. The van der Waals surface area contributed by atoms with Gasteiger partial charge in [-0.1, -0.05) is 12.2 Å². The second-order valence-electron chi connectivity index (χ2n) is 3.50. The van der Waals surface area contributed by atoms with E-state index in [1.165, 1.54) is 0 Å². The van der Waals surface area contributed by atoms with Crippen LogP contribution in [-0.2, 0) is 0 Å². The van der Waals surface area contributed by atoms with Crippen molar-refractivity contribution in [3.05, 3.63) is 34.9 Å². The maximum atomic E-state index is 10.9. The van der Waals surface area contributed by atoms with Crippen LogP contribution in [0.4, 0.5) is 5.69 Å². The summed E-state index contributed by atoms with van der Waals surface area (Å²) < 4.78 is 0. The Morgan fingerprint density at radius 2 is 2.25 bits per heavy atom. The minimum absolute atomic E-state index is 0.144. The Labute approximate surface area is 99.5 Å². The summed E-state index contributed by atoms with van der Waals surface area (Å²) in [5.74, 6) is -0.471. The number of allylic oxidation sites excluding steroid dienone is 1. The van der Waals surface area contributed by atoms with Gasteiger partial charge in [-0.2, -0.15) is 0 Å². The number of hydrogen-bond acceptors (Lipinski definition) is 2. The van der Waals surface area contributed by atoms with Crippen LogP contribution in [0.5, 0.6) is 0 Å². The Kier molecular flexibility index (Phi) is 4.38. The zero-order valence-electron chi connectivity index (χ0n) is 9.03. The molecule has 0 saturated carbocycles. The molecule has 0 amide bonds. The Morgan fingerprint density at radius 1 is 1.56 bits per heavy atom. The van der Waals surface area contributed by atoms with Crippen molar-refractivity contribution >= 4 is 29.3 Å². The molecule has 0 aromatic heterocycles. The van der Waals surface area contributed by atoms with Crippen LogP contribution in [0.25, 0.3) is 6.08 Å². The van der Waals surface area contributed by atoms with Crippen molar-refractivity contribution in [3.8, 4) is 0 Å². The molecule has 0 aliphatic rings. The van der Waals surface area contributed by atoms with Crippen LogP contribution < -0.4 is 5.73 Å². The zero-order chi connectivity index (χ0) is 12.1. The molecule has 0 aliphatic carbocycles. The number of anilines is 1. The van der Waals surface area contributed by atoms with Gasteiger partial charge in [0.15, 0.2) is 0 Å². The molecule has 0 spiro atoms. The molecule has 0 radical (unpaired) electrons. The van der Waals surface area contributed by atoms with Crippen molar-refractivity contribution in [3.63, 3.8) is 0 Å². The number of nitrogen functional groups attached to an aromatic ring is 1. The highest BCUT2D eigenvalue weighted by atomic mass is 35.5. The second kappa shape index (κ2) is 5.56. The summed E-state index contributed by atoms with van der Waals surface area (Å²) in [4.78, 5) is 10.9. The molecule has 4 heteroatoms. The molecule has 0 bridgehead atoms. The van der Waals surface area contributed by atoms with Gasteiger partial charge in [-0.15, -0.1) is 11.6 Å². The van der Waals surface area contributed by atoms with Crippen molar-refractivity contribution in [2.24, 2.45) is 0 Å². The summed E-state index contributed by atoms with van der Waals surface area (Å²) in [5.41, 5.74) is 7.81. The largest absolute Gasteiger partial charge is 0.478 e. The van der Waals surface area contributed by atoms with Gasteiger partial charge >= 0.3 is 5.97 Å². The van der Waals surface area contributed by atoms with Crippen LogP contribution in [0.2, 0.25) is 0 Å². The average molecular weight is 240 g/mol. The highest BCUT2D eigenvalue weighted by Crippen LogP contribution is 2.21. The molecule has 0 unspecified atom stereocenters. The summed E-state index contributed by atoms with van der Waals surface area (Å²) >= 11 is 5.54. The van der Waals surface area contributed by atoms with E-state index in [1.54, 1.807) is 12.1 Å². The average Bonchev–Trinajstić information content (AvgIpc) is 2.22. The number of halogens is 1. The van der Waals surface area contributed by atoms with E-state index < -0.39 is 5.97 Å². The Morgan fingerprint density at radius 3 is 2.81 bits per heavy atom. The van der Waals surface area contributed by atoms with Crippen LogP contribution in [0, 0.1) is 6.92 Å². The molecular weight excluding hydrogens is 226 g/mol. The number of carboxylic acids is 1. The van der Waals surface area contributed by atoms with Crippen molar-refractivity contribution in [2.75, 3.05) is 11.6 Å². The van der Waals surface area contributed by atoms with E-state index in [0.717, 1.165) is 17.5 Å². The van der Waals surface area contributed by atoms with Gasteiger partial charge in [-0.3, -0.25) is 0 Å². The lowest BCUT2D eigenvalue weighted by atomic mass is 10.0. The third-order valence-electron chi connectivity index (χ3n) is 2.16. The molecule has 0 aliphatic heterocycles. The van der Waals surface area contributed by atoms with Gasteiger partial charge < -0.3 is 10.8 Å². The van der Waals surface area contributed by atoms with E-state index in [2.05, 4.69) is 0 Å². The summed E-state index contributed by atoms with van der Waals surface area (Å²) in [7, 11) is 0. The minimum Gasteiger partial charge on any atom is -0.478 e. The first kappa shape index (κ1) is 12.6. The number of alkyl halides is 1. The van der Waals surface area contributed by atoms with Crippen molar-refractivity contribution in [1.29, 1.82) is 0 Å². The molecule has 1 aromatic carbocycles. The van der Waals surface area contributed by atoms with Crippen LogP contribution >= 0.6 is 11.6 Å². The number of aromatic carboxylic acids is 1. The summed E-state index contributed by atoms with van der Waals surface area (Å²) in [5, 5.41) is 8.96. The standard InChI is InChI=1S/C12H14ClNO2/c1-8-6-9(4-2-3-5-13)11(14)10(7-8)12(15)16/h2,4,6-7H,3,5,14H2,1H3,(H,15,16). The summed E-state index contributed by atoms with van der Waals surface area (Å²) in [6, 6.07) is 3.42. The maximum Gasteiger partial charge on any atom is 0.337 e. The number of aryl methyl sites for hydroxylation is 1. The number of carbonyl (C=O) groups is 1. The first-order valence-corrected chi connectivity index (χ1v) is 5.45. The Hall–Kier alpha value is -1.48. The molecule has 3 nitrogen and oxygen atoms in total. The SMILES string of the molecule is Cc1cc(C=CCCCl)c(N)c(C(=O)O)c1. The van der Waals surface area contributed by atoms with Crippen molar-refractivity contribution in [2.45, 2.75) is 13.3 Å². The van der Waals surface area contributed by atoms with Crippen molar-refractivity contribution < 1.29 is 9.90 Å². The quantitative estimate of drug-likeness (QED) is 0.627. The smallest absolute Gasteiger partial charge is 0.337 e. The molecule has 16 heavy (non-hydrogen) atoms. The summed E-state index contributed by atoms with van der Waals surface area (Å²) in [6.07, 6.45) is 4.41. The van der Waals surface area contributed by atoms with E-state index in [9.17, 15) is 4.79 Å². The maximum absolute atomic E-state index is 10.9. The third-order valence-corrected chi connectivity index (χ3v) is 2.38. The first-order valence-electron chi connectivity index (χ1n) is 4.92. The van der Waals surface area contributed by atoms with Gasteiger partial charge in [0.05, 0.1) is 11.3 Å². The molecule has 86 valence electrons. The molecule has 3 N–H and O–H groups in total. The van der Waals surface area contributed by atoms with Crippen molar-refractivity contribution in [1.82, 2.24) is 0 Å². The highest BCUT2D eigenvalue weighted by molar-refractivity contribution is 6.17. The van der Waals surface area contributed by atoms with Crippen LogP contribution in [0.1, 0.15) is 27.9 Å². The van der Waals surface area contributed by atoms with E-state index in [-0.39, 0.29) is 5.56 Å². The van der Waals surface area contributed by atoms with E-state index in [1.807, 2.05) is 19.1 Å². The van der Waals surface area contributed by atoms with Gasteiger partial charge in [0.1, 0.15) is 0 Å². The third kappa shape index (κ3) is 3.00. The van der Waals surface area contributed by atoms with Gasteiger partial charge in [-0.25, -0.2) is 4.79 Å². The lowest BCUT2D eigenvalue weighted by Crippen LogP contribution is -2.04. The fourth-order valence-corrected chi connectivity index (χ4v) is 1.54. The second-order valence-corrected chi connectivity index (χ2v) is 3.88. The minimum atomic E-state index is -1.01. The zero-order valence-corrected chi connectivity index (χ0v) is 9.79. The van der Waals surface area contributed by atoms with E-state index in [4.69, 9.17) is 22.4 Å². The number of rotatable bonds is 4. The van der Waals surface area contributed by atoms with Crippen LogP contribution in [-0.4, -0.2) is 17.0 Å². The van der Waals surface area contributed by atoms with Gasteiger partial charge in [0.2, 0.25) is 0 Å². The Bertz CT molecular complexity index is 427. The summed E-state index contributed by atoms with van der Waals surface area (Å²) in [6.45, 7) is 1.84. The predicted molar refractivity (Wildman–Crippen MR) is 66.9 cm³/mol. The van der Waals surface area contributed by atoms with E-state index >= 15 is 0 Å². The molecule has 0 saturated heterocycles. The fourth-order valence-electron chi connectivity index (χ4n) is 1.41. The van der Waals surface area contributed by atoms with Crippen LogP contribution in [0.3, 0.4) is 0 Å².